The van der Waals surface area contributed by atoms with Crippen molar-refractivity contribution in [3.63, 3.8) is 0 Å². The maximum atomic E-state index is 8.97. The fraction of sp³-hybridized carbons (Fsp3) is 0.273. The number of aryl methyl sites for hydroxylation is 1. The molecule has 2 heterocycles. The summed E-state index contributed by atoms with van der Waals surface area (Å²) in [5.74, 6) is 1.10. The molecular weight excluding hydrogens is 206 g/mol. The number of pyridine rings is 1. The molecule has 2 rings (SSSR count). The lowest BCUT2D eigenvalue weighted by molar-refractivity contribution is 0.281. The Bertz CT molecular complexity index is 468. The van der Waals surface area contributed by atoms with Gasteiger partial charge in [-0.3, -0.25) is 4.68 Å². The maximum absolute atomic E-state index is 8.97. The van der Waals surface area contributed by atoms with E-state index in [9.17, 15) is 0 Å². The van der Waals surface area contributed by atoms with E-state index in [0.29, 0.717) is 11.6 Å². The third kappa shape index (κ3) is 2.38. The van der Waals surface area contributed by atoms with Gasteiger partial charge in [0.25, 0.3) is 0 Å². The molecule has 0 aromatic carbocycles. The first-order valence-corrected chi connectivity index (χ1v) is 5.08. The molecule has 0 atom stereocenters. The van der Waals surface area contributed by atoms with Gasteiger partial charge in [0.2, 0.25) is 5.88 Å². The Hall–Kier alpha value is -1.88. The number of rotatable bonds is 4. The monoisotopic (exact) mass is 219 g/mol. The number of ether oxygens (including phenoxy) is 1. The van der Waals surface area contributed by atoms with Crippen LogP contribution in [0.25, 0.3) is 0 Å². The minimum Gasteiger partial charge on any atom is -0.436 e. The minimum atomic E-state index is -0.0207. The maximum Gasteiger partial charge on any atom is 0.219 e. The molecule has 0 aliphatic carbocycles. The first-order valence-electron chi connectivity index (χ1n) is 5.08. The SMILES string of the molecule is CCn1cc(Oc2cc(CO)ccn2)cn1. The summed E-state index contributed by atoms with van der Waals surface area (Å²) < 4.78 is 7.27. The van der Waals surface area contributed by atoms with Crippen LogP contribution in [0.1, 0.15) is 12.5 Å². The average Bonchev–Trinajstić information content (AvgIpc) is 2.77. The highest BCUT2D eigenvalue weighted by Crippen LogP contribution is 2.18. The van der Waals surface area contributed by atoms with Crippen molar-refractivity contribution in [1.82, 2.24) is 14.8 Å². The molecule has 5 nitrogen and oxygen atoms in total. The smallest absolute Gasteiger partial charge is 0.219 e. The van der Waals surface area contributed by atoms with E-state index in [0.717, 1.165) is 12.1 Å². The summed E-state index contributed by atoms with van der Waals surface area (Å²) in [6, 6.07) is 3.44. The van der Waals surface area contributed by atoms with Gasteiger partial charge in [-0.2, -0.15) is 5.10 Å². The van der Waals surface area contributed by atoms with Gasteiger partial charge in [0.05, 0.1) is 19.0 Å². The van der Waals surface area contributed by atoms with Gasteiger partial charge in [-0.15, -0.1) is 0 Å². The predicted molar refractivity (Wildman–Crippen MR) is 58.1 cm³/mol. The normalized spacial score (nSPS) is 10.4. The molecule has 84 valence electrons. The molecule has 16 heavy (non-hydrogen) atoms. The van der Waals surface area contributed by atoms with Crippen molar-refractivity contribution in [3.8, 4) is 11.6 Å². The number of aliphatic hydroxyl groups excluding tert-OH is 1. The van der Waals surface area contributed by atoms with E-state index < -0.39 is 0 Å². The highest BCUT2D eigenvalue weighted by Gasteiger charge is 2.02. The Labute approximate surface area is 93.3 Å². The highest BCUT2D eigenvalue weighted by atomic mass is 16.5. The van der Waals surface area contributed by atoms with Crippen LogP contribution in [-0.4, -0.2) is 19.9 Å². The number of aromatic nitrogens is 3. The molecule has 0 amide bonds. The lowest BCUT2D eigenvalue weighted by Crippen LogP contribution is -1.92. The van der Waals surface area contributed by atoms with Crippen LogP contribution in [0.15, 0.2) is 30.7 Å². The quantitative estimate of drug-likeness (QED) is 0.848. The average molecular weight is 219 g/mol. The van der Waals surface area contributed by atoms with Crippen molar-refractivity contribution in [2.45, 2.75) is 20.1 Å². The van der Waals surface area contributed by atoms with E-state index in [4.69, 9.17) is 9.84 Å². The minimum absolute atomic E-state index is 0.0207. The van der Waals surface area contributed by atoms with Crippen molar-refractivity contribution in [1.29, 1.82) is 0 Å². The standard InChI is InChI=1S/C11H13N3O2/c1-2-14-7-10(6-13-14)16-11-5-9(8-15)3-4-12-11/h3-7,15H,2,8H2,1H3. The van der Waals surface area contributed by atoms with E-state index in [2.05, 4.69) is 10.1 Å². The molecular formula is C11H13N3O2. The van der Waals surface area contributed by atoms with Crippen molar-refractivity contribution < 1.29 is 9.84 Å². The Morgan fingerprint density at radius 3 is 3.06 bits per heavy atom. The summed E-state index contributed by atoms with van der Waals surface area (Å²) in [6.45, 7) is 2.78. The van der Waals surface area contributed by atoms with Gasteiger partial charge in [0, 0.05) is 18.8 Å². The van der Waals surface area contributed by atoms with Gasteiger partial charge >= 0.3 is 0 Å². The molecule has 0 spiro atoms. The molecule has 2 aromatic heterocycles. The third-order valence-corrected chi connectivity index (χ3v) is 2.14. The number of hydrogen-bond donors (Lipinski definition) is 1. The van der Waals surface area contributed by atoms with Gasteiger partial charge < -0.3 is 9.84 Å². The van der Waals surface area contributed by atoms with Crippen LogP contribution in [-0.2, 0) is 13.2 Å². The zero-order valence-corrected chi connectivity index (χ0v) is 9.00. The van der Waals surface area contributed by atoms with Gasteiger partial charge in [0.1, 0.15) is 0 Å². The third-order valence-electron chi connectivity index (χ3n) is 2.14. The molecule has 5 heteroatoms. The van der Waals surface area contributed by atoms with Crippen LogP contribution in [0.5, 0.6) is 11.6 Å². The van der Waals surface area contributed by atoms with E-state index in [1.165, 1.54) is 0 Å². The second-order valence-electron chi connectivity index (χ2n) is 3.29. The molecule has 1 N–H and O–H groups in total. The molecule has 0 saturated heterocycles. The highest BCUT2D eigenvalue weighted by molar-refractivity contribution is 5.25. The molecule has 0 aliphatic rings. The summed E-state index contributed by atoms with van der Waals surface area (Å²) in [6.07, 6.45) is 5.04. The van der Waals surface area contributed by atoms with Crippen LogP contribution < -0.4 is 4.74 Å². The molecule has 0 unspecified atom stereocenters. The van der Waals surface area contributed by atoms with Crippen molar-refractivity contribution in [3.05, 3.63) is 36.3 Å². The Kier molecular flexibility index (Phi) is 3.16. The molecule has 0 fully saturated rings. The fourth-order valence-electron chi connectivity index (χ4n) is 1.30. The number of nitrogens with zero attached hydrogens (tertiary/aromatic N) is 3. The molecule has 0 bridgehead atoms. The Morgan fingerprint density at radius 1 is 1.50 bits per heavy atom. The van der Waals surface area contributed by atoms with Crippen LogP contribution in [0.2, 0.25) is 0 Å². The van der Waals surface area contributed by atoms with Crippen LogP contribution in [0, 0.1) is 0 Å². The second-order valence-corrected chi connectivity index (χ2v) is 3.29. The van der Waals surface area contributed by atoms with Crippen molar-refractivity contribution >= 4 is 0 Å². The van der Waals surface area contributed by atoms with Crippen molar-refractivity contribution in [2.75, 3.05) is 0 Å². The Morgan fingerprint density at radius 2 is 2.38 bits per heavy atom. The number of aliphatic hydroxyl groups is 1. The van der Waals surface area contributed by atoms with E-state index >= 15 is 0 Å². The zero-order valence-electron chi connectivity index (χ0n) is 9.00. The van der Waals surface area contributed by atoms with Crippen LogP contribution >= 0.6 is 0 Å². The number of hydrogen-bond acceptors (Lipinski definition) is 4. The van der Waals surface area contributed by atoms with Crippen LogP contribution in [0.4, 0.5) is 0 Å². The lowest BCUT2D eigenvalue weighted by Gasteiger charge is -2.02. The van der Waals surface area contributed by atoms with Crippen LogP contribution in [0.3, 0.4) is 0 Å². The summed E-state index contributed by atoms with van der Waals surface area (Å²) in [7, 11) is 0. The molecule has 0 aliphatic heterocycles. The molecule has 0 radical (unpaired) electrons. The van der Waals surface area contributed by atoms with E-state index in [1.807, 2.05) is 6.92 Å². The first kappa shape index (κ1) is 10.6. The molecule has 2 aromatic rings. The zero-order chi connectivity index (χ0) is 11.4. The Balaban J connectivity index is 2.13. The lowest BCUT2D eigenvalue weighted by atomic mass is 10.3. The van der Waals surface area contributed by atoms with Crippen molar-refractivity contribution in [2.24, 2.45) is 0 Å². The van der Waals surface area contributed by atoms with Gasteiger partial charge in [-0.05, 0) is 18.6 Å². The second kappa shape index (κ2) is 4.76. The predicted octanol–water partition coefficient (Wildman–Crippen LogP) is 1.58. The van der Waals surface area contributed by atoms with E-state index in [-0.39, 0.29) is 6.61 Å². The topological polar surface area (TPSA) is 60.2 Å². The van der Waals surface area contributed by atoms with E-state index in [1.54, 1.807) is 35.4 Å². The van der Waals surface area contributed by atoms with Gasteiger partial charge in [0.15, 0.2) is 5.75 Å². The summed E-state index contributed by atoms with van der Waals surface area (Å²) in [5, 5.41) is 13.1. The molecule has 0 saturated carbocycles. The summed E-state index contributed by atoms with van der Waals surface area (Å²) in [5.41, 5.74) is 0.771. The van der Waals surface area contributed by atoms with Gasteiger partial charge in [-0.25, -0.2) is 4.98 Å². The summed E-state index contributed by atoms with van der Waals surface area (Å²) in [4.78, 5) is 4.05. The fourth-order valence-corrected chi connectivity index (χ4v) is 1.30. The largest absolute Gasteiger partial charge is 0.436 e. The van der Waals surface area contributed by atoms with Gasteiger partial charge in [-0.1, -0.05) is 0 Å². The first-order chi connectivity index (χ1) is 7.81. The summed E-state index contributed by atoms with van der Waals surface area (Å²) >= 11 is 0.